The SMILES string of the molecule is CN(C)c1cccc([S+](c2ccc(OCC(=O)OC(C)(C)C)cc2)c2cccc(N(C)C)c2)c1. The van der Waals surface area contributed by atoms with Crippen molar-refractivity contribution in [3.8, 4) is 5.75 Å². The fourth-order valence-corrected chi connectivity index (χ4v) is 5.50. The standard InChI is InChI=1S/C28H35N2O3S/c1-28(2,3)33-27(31)20-32-23-14-16-24(17-15-23)34(25-12-8-10-21(18-25)29(4)5)26-13-9-11-22(19-26)30(6)7/h8-19H,20H2,1-7H3/q+1. The number of benzene rings is 3. The maximum atomic E-state index is 12.0. The van der Waals surface area contributed by atoms with E-state index in [-0.39, 0.29) is 23.5 Å². The predicted octanol–water partition coefficient (Wildman–Crippen LogP) is 5.63. The maximum absolute atomic E-state index is 12.0. The third kappa shape index (κ3) is 6.94. The molecule has 0 spiro atoms. The summed E-state index contributed by atoms with van der Waals surface area (Å²) in [5, 5.41) is 0. The van der Waals surface area contributed by atoms with E-state index >= 15 is 0 Å². The summed E-state index contributed by atoms with van der Waals surface area (Å²) in [6, 6.07) is 25.3. The number of esters is 1. The monoisotopic (exact) mass is 479 g/mol. The second-order valence-corrected chi connectivity index (χ2v) is 11.5. The van der Waals surface area contributed by atoms with Gasteiger partial charge in [0.05, 0.1) is 10.9 Å². The molecule has 5 nitrogen and oxygen atoms in total. The highest BCUT2D eigenvalue weighted by Gasteiger charge is 2.30. The zero-order chi connectivity index (χ0) is 24.9. The second kappa shape index (κ2) is 10.9. The second-order valence-electron chi connectivity index (χ2n) is 9.44. The molecule has 0 aliphatic carbocycles. The number of anilines is 2. The first-order valence-electron chi connectivity index (χ1n) is 11.3. The molecule has 3 aromatic rings. The number of hydrogen-bond acceptors (Lipinski definition) is 5. The molecule has 0 radical (unpaired) electrons. The first kappa shape index (κ1) is 25.5. The molecule has 34 heavy (non-hydrogen) atoms. The fourth-order valence-electron chi connectivity index (χ4n) is 3.37. The van der Waals surface area contributed by atoms with Crippen LogP contribution in [0.4, 0.5) is 11.4 Å². The molecule has 180 valence electrons. The number of carbonyl (C=O) groups is 1. The Hall–Kier alpha value is -3.12. The van der Waals surface area contributed by atoms with Crippen molar-refractivity contribution in [1.29, 1.82) is 0 Å². The molecular formula is C28H35N2O3S+. The van der Waals surface area contributed by atoms with Crippen LogP contribution in [0.2, 0.25) is 0 Å². The molecule has 0 fully saturated rings. The van der Waals surface area contributed by atoms with Crippen molar-refractivity contribution in [3.05, 3.63) is 72.8 Å². The highest BCUT2D eigenvalue weighted by Crippen LogP contribution is 2.35. The highest BCUT2D eigenvalue weighted by atomic mass is 32.2. The Morgan fingerprint density at radius 3 is 1.71 bits per heavy atom. The number of ether oxygens (including phenoxy) is 2. The Bertz CT molecular complexity index is 1050. The summed E-state index contributed by atoms with van der Waals surface area (Å²) in [4.78, 5) is 19.9. The lowest BCUT2D eigenvalue weighted by Gasteiger charge is -2.19. The van der Waals surface area contributed by atoms with Crippen molar-refractivity contribution in [2.75, 3.05) is 44.6 Å². The first-order valence-corrected chi connectivity index (χ1v) is 12.5. The van der Waals surface area contributed by atoms with Crippen LogP contribution in [0.1, 0.15) is 20.8 Å². The topological polar surface area (TPSA) is 42.0 Å². The molecule has 0 aliphatic heterocycles. The molecule has 6 heteroatoms. The summed E-state index contributed by atoms with van der Waals surface area (Å²) < 4.78 is 11.0. The summed E-state index contributed by atoms with van der Waals surface area (Å²) in [7, 11) is 7.92. The summed E-state index contributed by atoms with van der Waals surface area (Å²) >= 11 is 0. The molecule has 0 aliphatic rings. The van der Waals surface area contributed by atoms with E-state index in [2.05, 4.69) is 98.7 Å². The van der Waals surface area contributed by atoms with E-state index in [0.717, 1.165) is 11.4 Å². The lowest BCUT2D eigenvalue weighted by molar-refractivity contribution is -0.157. The third-order valence-electron chi connectivity index (χ3n) is 4.98. The van der Waals surface area contributed by atoms with Crippen LogP contribution in [0, 0.1) is 0 Å². The molecule has 0 amide bonds. The average Bonchev–Trinajstić information content (AvgIpc) is 2.78. The largest absolute Gasteiger partial charge is 0.482 e. The van der Waals surface area contributed by atoms with Crippen LogP contribution >= 0.6 is 0 Å². The minimum atomic E-state index is -0.527. The van der Waals surface area contributed by atoms with Gasteiger partial charge in [0, 0.05) is 51.7 Å². The summed E-state index contributed by atoms with van der Waals surface area (Å²) in [6.07, 6.45) is 0. The van der Waals surface area contributed by atoms with Gasteiger partial charge < -0.3 is 19.3 Å². The maximum Gasteiger partial charge on any atom is 0.344 e. The van der Waals surface area contributed by atoms with E-state index < -0.39 is 5.60 Å². The van der Waals surface area contributed by atoms with Crippen LogP contribution in [-0.4, -0.2) is 46.4 Å². The number of rotatable bonds is 8. The third-order valence-corrected chi connectivity index (χ3v) is 7.17. The van der Waals surface area contributed by atoms with Crippen LogP contribution in [-0.2, 0) is 20.4 Å². The van der Waals surface area contributed by atoms with Gasteiger partial charge in [0.25, 0.3) is 0 Å². The van der Waals surface area contributed by atoms with Gasteiger partial charge in [-0.1, -0.05) is 12.1 Å². The van der Waals surface area contributed by atoms with Gasteiger partial charge in [0.15, 0.2) is 21.3 Å². The fraction of sp³-hybridized carbons (Fsp3) is 0.321. The molecule has 0 N–H and O–H groups in total. The van der Waals surface area contributed by atoms with Crippen LogP contribution in [0.25, 0.3) is 0 Å². The lowest BCUT2D eigenvalue weighted by Crippen LogP contribution is -2.27. The van der Waals surface area contributed by atoms with Gasteiger partial charge in [0.2, 0.25) is 0 Å². The molecule has 0 bridgehead atoms. The van der Waals surface area contributed by atoms with Crippen molar-refractivity contribution in [2.24, 2.45) is 0 Å². The van der Waals surface area contributed by atoms with Gasteiger partial charge in [0.1, 0.15) is 11.4 Å². The quantitative estimate of drug-likeness (QED) is 0.309. The van der Waals surface area contributed by atoms with E-state index in [9.17, 15) is 4.79 Å². The Morgan fingerprint density at radius 2 is 1.26 bits per heavy atom. The molecule has 3 aromatic carbocycles. The number of carbonyl (C=O) groups excluding carboxylic acids is 1. The Morgan fingerprint density at radius 1 is 0.765 bits per heavy atom. The average molecular weight is 480 g/mol. The Balaban J connectivity index is 1.92. The van der Waals surface area contributed by atoms with Crippen LogP contribution < -0.4 is 14.5 Å². The summed E-state index contributed by atoms with van der Waals surface area (Å²) in [5.74, 6) is 0.263. The van der Waals surface area contributed by atoms with Gasteiger partial charge in [-0.15, -0.1) is 0 Å². The van der Waals surface area contributed by atoms with E-state index in [1.807, 2.05) is 32.9 Å². The normalized spacial score (nSPS) is 11.3. The van der Waals surface area contributed by atoms with Crippen molar-refractivity contribution in [3.63, 3.8) is 0 Å². The van der Waals surface area contributed by atoms with E-state index in [1.54, 1.807) is 0 Å². The zero-order valence-corrected chi connectivity index (χ0v) is 22.0. The molecule has 0 unspecified atom stereocenters. The van der Waals surface area contributed by atoms with Crippen LogP contribution in [0.3, 0.4) is 0 Å². The first-order chi connectivity index (χ1) is 16.0. The Kier molecular flexibility index (Phi) is 8.15. The molecular weight excluding hydrogens is 444 g/mol. The van der Waals surface area contributed by atoms with Crippen molar-refractivity contribution < 1.29 is 14.3 Å². The van der Waals surface area contributed by atoms with Gasteiger partial charge in [-0.25, -0.2) is 4.79 Å². The highest BCUT2D eigenvalue weighted by molar-refractivity contribution is 7.97. The molecule has 0 heterocycles. The summed E-state index contributed by atoms with van der Waals surface area (Å²) in [5.41, 5.74) is 1.80. The van der Waals surface area contributed by atoms with Gasteiger partial charge >= 0.3 is 5.97 Å². The van der Waals surface area contributed by atoms with Crippen molar-refractivity contribution in [1.82, 2.24) is 0 Å². The van der Waals surface area contributed by atoms with Gasteiger partial charge in [-0.05, 0) is 69.3 Å². The van der Waals surface area contributed by atoms with Gasteiger partial charge in [-0.2, -0.15) is 0 Å². The van der Waals surface area contributed by atoms with Crippen molar-refractivity contribution in [2.45, 2.75) is 41.1 Å². The van der Waals surface area contributed by atoms with Gasteiger partial charge in [-0.3, -0.25) is 0 Å². The lowest BCUT2D eigenvalue weighted by atomic mass is 10.2. The predicted molar refractivity (Wildman–Crippen MR) is 141 cm³/mol. The zero-order valence-electron chi connectivity index (χ0n) is 21.2. The number of hydrogen-bond donors (Lipinski definition) is 0. The molecule has 3 rings (SSSR count). The molecule has 0 aromatic heterocycles. The molecule has 0 saturated carbocycles. The molecule has 0 saturated heterocycles. The Labute approximate surface area is 206 Å². The van der Waals surface area contributed by atoms with E-state index in [1.165, 1.54) is 14.7 Å². The number of nitrogens with zero attached hydrogens (tertiary/aromatic N) is 2. The van der Waals surface area contributed by atoms with E-state index in [4.69, 9.17) is 9.47 Å². The smallest absolute Gasteiger partial charge is 0.344 e. The minimum absolute atomic E-state index is 0.113. The van der Waals surface area contributed by atoms with E-state index in [0.29, 0.717) is 5.75 Å². The molecule has 0 atom stereocenters. The van der Waals surface area contributed by atoms with Crippen molar-refractivity contribution >= 4 is 28.2 Å². The van der Waals surface area contributed by atoms with Crippen LogP contribution in [0.5, 0.6) is 5.75 Å². The summed E-state index contributed by atoms with van der Waals surface area (Å²) in [6.45, 7) is 5.42. The minimum Gasteiger partial charge on any atom is -0.482 e. The van der Waals surface area contributed by atoms with Crippen LogP contribution in [0.15, 0.2) is 87.5 Å².